The van der Waals surface area contributed by atoms with Crippen LogP contribution in [0.1, 0.15) is 35.7 Å². The zero-order chi connectivity index (χ0) is 21.8. The summed E-state index contributed by atoms with van der Waals surface area (Å²) in [6, 6.07) is 10.3. The molecule has 7 heteroatoms. The number of hydrogen-bond donors (Lipinski definition) is 1. The summed E-state index contributed by atoms with van der Waals surface area (Å²) in [5.74, 6) is 1.62. The van der Waals surface area contributed by atoms with E-state index in [0.29, 0.717) is 18.0 Å². The summed E-state index contributed by atoms with van der Waals surface area (Å²) in [6.07, 6.45) is 8.29. The van der Waals surface area contributed by atoms with Gasteiger partial charge >= 0.3 is 0 Å². The summed E-state index contributed by atoms with van der Waals surface area (Å²) in [5.41, 5.74) is 5.66. The molecule has 0 spiro atoms. The number of aryl methyl sites for hydroxylation is 1. The molecule has 7 nitrogen and oxygen atoms in total. The number of nitrogens with one attached hydrogen (secondary N) is 1. The highest BCUT2D eigenvalue weighted by atomic mass is 16.1. The predicted molar refractivity (Wildman–Crippen MR) is 125 cm³/mol. The Morgan fingerprint density at radius 3 is 2.88 bits per heavy atom. The first kappa shape index (κ1) is 19.1. The zero-order valence-corrected chi connectivity index (χ0v) is 18.4. The Bertz CT molecular complexity index is 1350. The van der Waals surface area contributed by atoms with Gasteiger partial charge in [0.05, 0.1) is 11.3 Å². The Hall–Kier alpha value is -3.61. The van der Waals surface area contributed by atoms with Crippen LogP contribution in [-0.4, -0.2) is 38.3 Å². The van der Waals surface area contributed by atoms with Crippen molar-refractivity contribution in [3.8, 4) is 16.8 Å². The number of rotatable bonds is 3. The minimum atomic E-state index is -0.0427. The van der Waals surface area contributed by atoms with Crippen LogP contribution in [0.2, 0.25) is 0 Å². The van der Waals surface area contributed by atoms with Gasteiger partial charge in [-0.05, 0) is 53.6 Å². The molecule has 0 aliphatic carbocycles. The van der Waals surface area contributed by atoms with Gasteiger partial charge < -0.3 is 14.8 Å². The molecule has 2 aliphatic rings. The molecule has 4 aromatic rings. The van der Waals surface area contributed by atoms with Crippen LogP contribution in [0, 0.1) is 5.92 Å². The van der Waals surface area contributed by atoms with E-state index < -0.39 is 0 Å². The van der Waals surface area contributed by atoms with Crippen LogP contribution in [0.5, 0.6) is 0 Å². The van der Waals surface area contributed by atoms with Crippen LogP contribution in [0.4, 0.5) is 5.82 Å². The summed E-state index contributed by atoms with van der Waals surface area (Å²) in [5, 5.41) is 8.97. The van der Waals surface area contributed by atoms with Gasteiger partial charge in [-0.25, -0.2) is 9.67 Å². The molecule has 162 valence electrons. The number of nitrogens with zero attached hydrogens (tertiary/aromatic N) is 5. The van der Waals surface area contributed by atoms with Crippen LogP contribution in [0.15, 0.2) is 48.9 Å². The number of hydrogen-bond acceptors (Lipinski definition) is 4. The molecule has 0 bridgehead atoms. The summed E-state index contributed by atoms with van der Waals surface area (Å²) in [4.78, 5) is 19.7. The molecule has 6 rings (SSSR count). The van der Waals surface area contributed by atoms with E-state index in [1.807, 2.05) is 47.0 Å². The van der Waals surface area contributed by atoms with Crippen LogP contribution >= 0.6 is 0 Å². The fraction of sp³-hybridized carbons (Fsp3) is 0.320. The molecule has 1 fully saturated rings. The SMILES string of the molecule is C[C@H]1CCCN(c2ccn(-c3ccc(-c4ccnc5c4ccn5C)c4c3C(=O)NC4)n2)C1. The normalized spacial score (nSPS) is 18.2. The molecule has 0 radical (unpaired) electrons. The lowest BCUT2D eigenvalue weighted by Gasteiger charge is -2.30. The molecule has 0 saturated carbocycles. The molecule has 3 aromatic heterocycles. The number of pyridine rings is 1. The first-order valence-electron chi connectivity index (χ1n) is 11.3. The smallest absolute Gasteiger partial charge is 0.254 e. The minimum Gasteiger partial charge on any atom is -0.355 e. The van der Waals surface area contributed by atoms with Crippen molar-refractivity contribution in [2.24, 2.45) is 13.0 Å². The highest BCUT2D eigenvalue weighted by Crippen LogP contribution is 2.36. The fourth-order valence-corrected chi connectivity index (χ4v) is 5.19. The molecule has 2 aliphatic heterocycles. The highest BCUT2D eigenvalue weighted by molar-refractivity contribution is 6.05. The molecule has 1 saturated heterocycles. The van der Waals surface area contributed by atoms with Crippen molar-refractivity contribution in [1.82, 2.24) is 24.6 Å². The third-order valence-electron chi connectivity index (χ3n) is 6.80. The van der Waals surface area contributed by atoms with Crippen LogP contribution in [-0.2, 0) is 13.6 Å². The van der Waals surface area contributed by atoms with Crippen molar-refractivity contribution in [3.63, 3.8) is 0 Å². The number of aromatic nitrogens is 4. The first-order valence-corrected chi connectivity index (χ1v) is 11.3. The second-order valence-corrected chi connectivity index (χ2v) is 9.00. The quantitative estimate of drug-likeness (QED) is 0.539. The average Bonchev–Trinajstić information content (AvgIpc) is 3.53. The number of anilines is 1. The molecule has 5 heterocycles. The van der Waals surface area contributed by atoms with Crippen LogP contribution < -0.4 is 10.2 Å². The van der Waals surface area contributed by atoms with Gasteiger partial charge in [-0.3, -0.25) is 4.79 Å². The average molecular weight is 427 g/mol. The Morgan fingerprint density at radius 1 is 1.09 bits per heavy atom. The number of piperidine rings is 1. The third-order valence-corrected chi connectivity index (χ3v) is 6.80. The van der Waals surface area contributed by atoms with Crippen molar-refractivity contribution in [2.75, 3.05) is 18.0 Å². The molecular formula is C25H26N6O. The monoisotopic (exact) mass is 426 g/mol. The zero-order valence-electron chi connectivity index (χ0n) is 18.4. The van der Waals surface area contributed by atoms with Gasteiger partial charge in [0, 0.05) is 56.7 Å². The van der Waals surface area contributed by atoms with E-state index in [4.69, 9.17) is 5.10 Å². The maximum atomic E-state index is 12.9. The Morgan fingerprint density at radius 2 is 2.00 bits per heavy atom. The summed E-state index contributed by atoms with van der Waals surface area (Å²) in [7, 11) is 2.00. The number of carbonyl (C=O) groups is 1. The molecule has 1 aromatic carbocycles. The summed E-state index contributed by atoms with van der Waals surface area (Å²) < 4.78 is 3.87. The second-order valence-electron chi connectivity index (χ2n) is 9.00. The first-order chi connectivity index (χ1) is 15.6. The molecule has 32 heavy (non-hydrogen) atoms. The van der Waals surface area contributed by atoms with Gasteiger partial charge in [0.25, 0.3) is 5.91 Å². The largest absolute Gasteiger partial charge is 0.355 e. The van der Waals surface area contributed by atoms with Crippen LogP contribution in [0.25, 0.3) is 27.8 Å². The lowest BCUT2D eigenvalue weighted by atomic mass is 9.94. The minimum absolute atomic E-state index is 0.0427. The topological polar surface area (TPSA) is 68.0 Å². The van der Waals surface area contributed by atoms with E-state index in [9.17, 15) is 4.79 Å². The van der Waals surface area contributed by atoms with Gasteiger partial charge in [0.2, 0.25) is 0 Å². The Labute approximate surface area is 186 Å². The van der Waals surface area contributed by atoms with E-state index in [0.717, 1.165) is 52.3 Å². The molecular weight excluding hydrogens is 400 g/mol. The number of benzene rings is 1. The van der Waals surface area contributed by atoms with Gasteiger partial charge in [0.1, 0.15) is 5.65 Å². The molecule has 1 amide bonds. The molecule has 0 unspecified atom stereocenters. The van der Waals surface area contributed by atoms with Crippen molar-refractivity contribution in [3.05, 3.63) is 60.0 Å². The number of fused-ring (bicyclic) bond motifs is 2. The Kier molecular flexibility index (Phi) is 4.31. The van der Waals surface area contributed by atoms with Crippen molar-refractivity contribution in [2.45, 2.75) is 26.3 Å². The number of amides is 1. The summed E-state index contributed by atoms with van der Waals surface area (Å²) in [6.45, 7) is 4.88. The van der Waals surface area contributed by atoms with Gasteiger partial charge in [-0.2, -0.15) is 5.10 Å². The van der Waals surface area contributed by atoms with Crippen LogP contribution in [0.3, 0.4) is 0 Å². The lowest BCUT2D eigenvalue weighted by Crippen LogP contribution is -2.34. The summed E-state index contributed by atoms with van der Waals surface area (Å²) >= 11 is 0. The van der Waals surface area contributed by atoms with Gasteiger partial charge in [-0.1, -0.05) is 13.0 Å². The Balaban J connectivity index is 1.45. The third kappa shape index (κ3) is 2.92. The number of carbonyl (C=O) groups excluding carboxylic acids is 1. The standard InChI is InChI=1S/C25H26N6O/c1-16-4-3-11-30(15-16)22-9-13-31(28-22)21-6-5-17(20-14-27-25(32)23(20)21)18-7-10-26-24-19(18)8-12-29(24)2/h5-10,12-13,16H,3-4,11,14-15H2,1-2H3,(H,27,32)/t16-/m0/s1. The van der Waals surface area contributed by atoms with E-state index in [2.05, 4.69) is 40.3 Å². The molecule has 1 atom stereocenters. The van der Waals surface area contributed by atoms with Crippen molar-refractivity contribution in [1.29, 1.82) is 0 Å². The predicted octanol–water partition coefficient (Wildman–Crippen LogP) is 3.91. The maximum absolute atomic E-state index is 12.9. The highest BCUT2D eigenvalue weighted by Gasteiger charge is 2.28. The fourth-order valence-electron chi connectivity index (χ4n) is 5.19. The van der Waals surface area contributed by atoms with E-state index >= 15 is 0 Å². The van der Waals surface area contributed by atoms with Gasteiger partial charge in [-0.15, -0.1) is 0 Å². The van der Waals surface area contributed by atoms with Gasteiger partial charge in [0.15, 0.2) is 5.82 Å². The van der Waals surface area contributed by atoms with E-state index in [-0.39, 0.29) is 5.91 Å². The van der Waals surface area contributed by atoms with E-state index in [1.165, 1.54) is 12.8 Å². The maximum Gasteiger partial charge on any atom is 0.254 e. The molecule has 1 N–H and O–H groups in total. The lowest BCUT2D eigenvalue weighted by molar-refractivity contribution is 0.0965. The van der Waals surface area contributed by atoms with E-state index in [1.54, 1.807) is 0 Å². The van der Waals surface area contributed by atoms with Crippen molar-refractivity contribution >= 4 is 22.8 Å². The second kappa shape index (κ2) is 7.22. The van der Waals surface area contributed by atoms with Crippen molar-refractivity contribution < 1.29 is 4.79 Å².